The maximum absolute atomic E-state index is 13.6. The van der Waals surface area contributed by atoms with E-state index in [0.29, 0.717) is 18.1 Å². The zero-order valence-corrected chi connectivity index (χ0v) is 24.3. The van der Waals surface area contributed by atoms with Gasteiger partial charge in [-0.3, -0.25) is 4.79 Å². The summed E-state index contributed by atoms with van der Waals surface area (Å²) in [5, 5.41) is 4.08. The minimum atomic E-state index is -4.66. The first kappa shape index (κ1) is 30.3. The number of carbonyl (C=O) groups is 1. The number of halogens is 3. The average molecular weight is 565 g/mol. The second-order valence-electron chi connectivity index (χ2n) is 11.2. The lowest BCUT2D eigenvalue weighted by Crippen LogP contribution is -2.32. The number of hydrogen-bond acceptors (Lipinski definition) is 7. The Kier molecular flexibility index (Phi) is 9.22. The second-order valence-corrected chi connectivity index (χ2v) is 16.8. The molecule has 0 atom stereocenters. The van der Waals surface area contributed by atoms with Gasteiger partial charge in [0.25, 0.3) is 0 Å². The van der Waals surface area contributed by atoms with E-state index in [9.17, 15) is 18.0 Å². The number of nitrogens with zero attached hydrogens (tertiary/aromatic N) is 4. The van der Waals surface area contributed by atoms with Crippen molar-refractivity contribution in [1.82, 2.24) is 19.7 Å². The van der Waals surface area contributed by atoms with Crippen molar-refractivity contribution in [3.05, 3.63) is 47.9 Å². The van der Waals surface area contributed by atoms with Gasteiger partial charge in [0.2, 0.25) is 11.7 Å². The summed E-state index contributed by atoms with van der Waals surface area (Å²) in [5.74, 6) is -1.14. The molecule has 0 aliphatic rings. The summed E-state index contributed by atoms with van der Waals surface area (Å²) in [5.41, 5.74) is 2.13. The Bertz CT molecular complexity index is 1290. The third-order valence-corrected chi connectivity index (χ3v) is 7.70. The monoisotopic (exact) mass is 564 g/mol. The van der Waals surface area contributed by atoms with Crippen LogP contribution in [0.2, 0.25) is 25.7 Å². The smallest absolute Gasteiger partial charge is 0.451 e. The van der Waals surface area contributed by atoms with Crippen LogP contribution in [0, 0.1) is 12.3 Å². The third kappa shape index (κ3) is 8.12. The molecule has 3 aromatic rings. The van der Waals surface area contributed by atoms with E-state index in [0.717, 1.165) is 27.4 Å². The highest BCUT2D eigenvalue weighted by atomic mass is 28.3. The molecule has 0 N–H and O–H groups in total. The average Bonchev–Trinajstić information content (AvgIpc) is 3.29. The highest BCUT2D eigenvalue weighted by Gasteiger charge is 2.38. The minimum Gasteiger partial charge on any atom is -0.476 e. The summed E-state index contributed by atoms with van der Waals surface area (Å²) in [6, 6.07) is 9.49. The quantitative estimate of drug-likeness (QED) is 0.155. The molecule has 213 valence electrons. The van der Waals surface area contributed by atoms with Crippen LogP contribution in [0.5, 0.6) is 5.88 Å². The maximum atomic E-state index is 13.6. The zero-order valence-electron chi connectivity index (χ0n) is 23.3. The van der Waals surface area contributed by atoms with Crippen molar-refractivity contribution in [3.8, 4) is 28.4 Å². The van der Waals surface area contributed by atoms with Crippen LogP contribution in [0.25, 0.3) is 22.5 Å². The van der Waals surface area contributed by atoms with E-state index in [-0.39, 0.29) is 25.1 Å². The molecule has 0 spiro atoms. The van der Waals surface area contributed by atoms with E-state index in [1.807, 2.05) is 6.92 Å². The van der Waals surface area contributed by atoms with Gasteiger partial charge >= 0.3 is 12.1 Å². The number of carbonyl (C=O) groups excluding carboxylic acids is 1. The number of methoxy groups -OCH3 is 1. The summed E-state index contributed by atoms with van der Waals surface area (Å²) in [4.78, 5) is 20.0. The molecule has 1 aromatic carbocycles. The molecule has 2 heterocycles. The van der Waals surface area contributed by atoms with E-state index in [4.69, 9.17) is 14.2 Å². The fraction of sp³-hybridized carbons (Fsp3) is 0.481. The van der Waals surface area contributed by atoms with Crippen molar-refractivity contribution >= 4 is 14.0 Å². The van der Waals surface area contributed by atoms with Gasteiger partial charge in [0.05, 0.1) is 12.5 Å². The molecular weight excluding hydrogens is 529 g/mol. The number of benzene rings is 1. The Balaban J connectivity index is 1.75. The van der Waals surface area contributed by atoms with E-state index in [1.165, 1.54) is 7.11 Å². The lowest BCUT2D eigenvalue weighted by molar-refractivity contribution is -0.152. The summed E-state index contributed by atoms with van der Waals surface area (Å²) in [7, 11) is -0.0448. The van der Waals surface area contributed by atoms with Crippen LogP contribution in [-0.2, 0) is 27.2 Å². The van der Waals surface area contributed by atoms with Gasteiger partial charge < -0.3 is 14.2 Å². The number of ether oxygens (including phenoxy) is 3. The van der Waals surface area contributed by atoms with Crippen molar-refractivity contribution in [3.63, 3.8) is 0 Å². The van der Waals surface area contributed by atoms with E-state index >= 15 is 0 Å². The van der Waals surface area contributed by atoms with E-state index in [1.54, 1.807) is 50.4 Å². The third-order valence-electron chi connectivity index (χ3n) is 5.99. The summed E-state index contributed by atoms with van der Waals surface area (Å²) in [6.45, 7) is 12.0. The predicted octanol–water partition coefficient (Wildman–Crippen LogP) is 6.22. The Morgan fingerprint density at radius 2 is 1.72 bits per heavy atom. The molecule has 0 fully saturated rings. The molecule has 0 saturated heterocycles. The molecule has 39 heavy (non-hydrogen) atoms. The maximum Gasteiger partial charge on any atom is 0.451 e. The van der Waals surface area contributed by atoms with Crippen LogP contribution in [0.4, 0.5) is 13.2 Å². The normalized spacial score (nSPS) is 12.5. The number of rotatable bonds is 11. The first-order valence-corrected chi connectivity index (χ1v) is 16.2. The van der Waals surface area contributed by atoms with Crippen LogP contribution in [0.1, 0.15) is 25.2 Å². The summed E-state index contributed by atoms with van der Waals surface area (Å²) >= 11 is 0. The zero-order chi connectivity index (χ0) is 29.0. The molecule has 0 saturated carbocycles. The standard InChI is InChI=1S/C27H35F3N4O4Si/c1-18-14-22(38-16-26(2,3)25(35)36-4)31-15-21(18)19-8-10-20(11-9-19)23-32-24(27(28,29)30)34(33-23)17-37-12-13-39(5,6)7/h8-11,14-15H,12-13,16-17H2,1-7H3/q-1. The molecule has 8 nitrogen and oxygen atoms in total. The number of pyridine rings is 1. The molecule has 0 unspecified atom stereocenters. The van der Waals surface area contributed by atoms with Gasteiger partial charge in [-0.1, -0.05) is 24.3 Å². The molecule has 0 aliphatic heterocycles. The molecule has 0 radical (unpaired) electrons. The van der Waals surface area contributed by atoms with Crippen molar-refractivity contribution in [2.45, 2.75) is 59.4 Å². The highest BCUT2D eigenvalue weighted by Crippen LogP contribution is 2.31. The van der Waals surface area contributed by atoms with Gasteiger partial charge in [-0.15, -0.1) is 19.2 Å². The Morgan fingerprint density at radius 3 is 2.28 bits per heavy atom. The molecule has 3 rings (SSSR count). The lowest BCUT2D eigenvalue weighted by atomic mass is 9.95. The molecule has 0 amide bonds. The minimum absolute atomic E-state index is 0.0329. The predicted molar refractivity (Wildman–Crippen MR) is 144 cm³/mol. The number of aromatic nitrogens is 4. The van der Waals surface area contributed by atoms with Gasteiger partial charge in [-0.2, -0.15) is 32.8 Å². The van der Waals surface area contributed by atoms with Crippen molar-refractivity contribution < 1.29 is 32.2 Å². The van der Waals surface area contributed by atoms with Crippen molar-refractivity contribution in [1.29, 1.82) is 0 Å². The van der Waals surface area contributed by atoms with Crippen LogP contribution >= 0.6 is 0 Å². The van der Waals surface area contributed by atoms with E-state index < -0.39 is 25.5 Å². The molecule has 0 bridgehead atoms. The van der Waals surface area contributed by atoms with Gasteiger partial charge in [-0.05, 0) is 31.9 Å². The number of esters is 1. The molecule has 0 aliphatic carbocycles. The van der Waals surface area contributed by atoms with Crippen LogP contribution in [0.15, 0.2) is 36.5 Å². The number of alkyl halides is 3. The highest BCUT2D eigenvalue weighted by molar-refractivity contribution is 6.76. The second kappa shape index (κ2) is 11.9. The Morgan fingerprint density at radius 1 is 1.08 bits per heavy atom. The topological polar surface area (TPSA) is 88.4 Å². The molecule has 12 heteroatoms. The SMILES string of the molecule is COC(=O)C(C)(C)COc1cc(C)c(-c2ccc(-c3nc(C(F)(F)F)n(COCC[Si-](C)(C)C)n3)cc2)cn1. The van der Waals surface area contributed by atoms with Crippen LogP contribution in [-0.4, -0.2) is 54.1 Å². The first-order valence-electron chi connectivity index (χ1n) is 12.5. The number of hydrogen-bond donors (Lipinski definition) is 0. The first-order chi connectivity index (χ1) is 18.1. The Hall–Kier alpha value is -3.25. The summed E-state index contributed by atoms with van der Waals surface area (Å²) in [6.07, 6.45) is -3.01. The van der Waals surface area contributed by atoms with Crippen molar-refractivity contribution in [2.75, 3.05) is 20.3 Å². The van der Waals surface area contributed by atoms with Gasteiger partial charge in [0.1, 0.15) is 13.3 Å². The lowest BCUT2D eigenvalue weighted by Gasteiger charge is -2.26. The van der Waals surface area contributed by atoms with E-state index in [2.05, 4.69) is 34.7 Å². The van der Waals surface area contributed by atoms with Gasteiger partial charge in [0, 0.05) is 30.0 Å². The van der Waals surface area contributed by atoms with Crippen LogP contribution < -0.4 is 4.74 Å². The van der Waals surface area contributed by atoms with Gasteiger partial charge in [0.15, 0.2) is 5.82 Å². The number of aryl methyl sites for hydroxylation is 1. The van der Waals surface area contributed by atoms with Gasteiger partial charge in [-0.25, -0.2) is 14.6 Å². The molecular formula is C27H35F3N4O4Si-. The Labute approximate surface area is 227 Å². The van der Waals surface area contributed by atoms with Crippen molar-refractivity contribution in [2.24, 2.45) is 5.41 Å². The largest absolute Gasteiger partial charge is 0.476 e. The fourth-order valence-electron chi connectivity index (χ4n) is 3.59. The molecule has 2 aromatic heterocycles. The van der Waals surface area contributed by atoms with Crippen LogP contribution in [0.3, 0.4) is 0 Å². The fourth-order valence-corrected chi connectivity index (χ4v) is 4.35. The summed E-state index contributed by atoms with van der Waals surface area (Å²) < 4.78 is 57.6.